The van der Waals surface area contributed by atoms with Crippen LogP contribution in [0.4, 0.5) is 5.82 Å². The van der Waals surface area contributed by atoms with E-state index in [0.29, 0.717) is 6.54 Å². The predicted molar refractivity (Wildman–Crippen MR) is 53.6 cm³/mol. The minimum absolute atomic E-state index is 0.702. The highest BCUT2D eigenvalue weighted by Gasteiger charge is 1.94. The van der Waals surface area contributed by atoms with Crippen LogP contribution in [-0.4, -0.2) is 23.3 Å². The standard InChI is InChI=1S/C9H16N4/c1-2-8-4-5-9(13-12-8)11-7-3-6-10/h4-5H,2-3,6-7,10H2,1H3,(H,11,13). The van der Waals surface area contributed by atoms with E-state index >= 15 is 0 Å². The summed E-state index contributed by atoms with van der Waals surface area (Å²) in [5.74, 6) is 0.825. The van der Waals surface area contributed by atoms with Gasteiger partial charge in [0.05, 0.1) is 5.69 Å². The van der Waals surface area contributed by atoms with E-state index in [2.05, 4.69) is 22.4 Å². The topological polar surface area (TPSA) is 63.8 Å². The number of rotatable bonds is 5. The first kappa shape index (κ1) is 9.92. The molecule has 0 saturated heterocycles. The van der Waals surface area contributed by atoms with Gasteiger partial charge in [-0.05, 0) is 31.5 Å². The van der Waals surface area contributed by atoms with Crippen molar-refractivity contribution in [3.8, 4) is 0 Å². The Morgan fingerprint density at radius 3 is 2.77 bits per heavy atom. The first-order valence-electron chi connectivity index (χ1n) is 4.63. The summed E-state index contributed by atoms with van der Waals surface area (Å²) in [5.41, 5.74) is 6.38. The fourth-order valence-electron chi connectivity index (χ4n) is 0.961. The van der Waals surface area contributed by atoms with E-state index < -0.39 is 0 Å². The van der Waals surface area contributed by atoms with E-state index in [1.807, 2.05) is 12.1 Å². The summed E-state index contributed by atoms with van der Waals surface area (Å²) in [6, 6.07) is 3.93. The van der Waals surface area contributed by atoms with Gasteiger partial charge in [0.2, 0.25) is 0 Å². The SMILES string of the molecule is CCc1ccc(NCCCN)nn1. The van der Waals surface area contributed by atoms with Crippen LogP contribution in [0.1, 0.15) is 19.0 Å². The quantitative estimate of drug-likeness (QED) is 0.658. The van der Waals surface area contributed by atoms with E-state index in [-0.39, 0.29) is 0 Å². The Morgan fingerprint density at radius 1 is 1.38 bits per heavy atom. The first-order valence-corrected chi connectivity index (χ1v) is 4.63. The van der Waals surface area contributed by atoms with Crippen LogP contribution in [0.25, 0.3) is 0 Å². The fourth-order valence-corrected chi connectivity index (χ4v) is 0.961. The van der Waals surface area contributed by atoms with Crippen LogP contribution < -0.4 is 11.1 Å². The Morgan fingerprint density at radius 2 is 2.23 bits per heavy atom. The molecule has 0 spiro atoms. The summed E-state index contributed by atoms with van der Waals surface area (Å²) in [7, 11) is 0. The Balaban J connectivity index is 2.40. The van der Waals surface area contributed by atoms with E-state index in [1.165, 1.54) is 0 Å². The highest BCUT2D eigenvalue weighted by molar-refractivity contribution is 5.32. The molecule has 72 valence electrons. The van der Waals surface area contributed by atoms with E-state index in [9.17, 15) is 0 Å². The minimum atomic E-state index is 0.702. The molecule has 1 aromatic rings. The molecule has 4 heteroatoms. The second-order valence-corrected chi connectivity index (χ2v) is 2.83. The summed E-state index contributed by atoms with van der Waals surface area (Å²) >= 11 is 0. The Kier molecular flexibility index (Phi) is 4.18. The van der Waals surface area contributed by atoms with Crippen LogP contribution in [-0.2, 0) is 6.42 Å². The van der Waals surface area contributed by atoms with Gasteiger partial charge in [-0.15, -0.1) is 5.10 Å². The lowest BCUT2D eigenvalue weighted by atomic mass is 10.3. The number of aromatic nitrogens is 2. The van der Waals surface area contributed by atoms with Gasteiger partial charge in [-0.1, -0.05) is 6.92 Å². The van der Waals surface area contributed by atoms with Crippen LogP contribution in [0.5, 0.6) is 0 Å². The third-order valence-corrected chi connectivity index (χ3v) is 1.77. The molecule has 0 radical (unpaired) electrons. The number of hydrogen-bond donors (Lipinski definition) is 2. The molecule has 4 nitrogen and oxygen atoms in total. The average molecular weight is 180 g/mol. The average Bonchev–Trinajstić information content (AvgIpc) is 2.19. The Hall–Kier alpha value is -1.16. The van der Waals surface area contributed by atoms with Gasteiger partial charge in [-0.3, -0.25) is 0 Å². The normalized spacial score (nSPS) is 10.0. The smallest absolute Gasteiger partial charge is 0.148 e. The molecule has 0 fully saturated rings. The maximum absolute atomic E-state index is 5.36. The molecule has 0 aliphatic rings. The van der Waals surface area contributed by atoms with Gasteiger partial charge in [-0.2, -0.15) is 5.10 Å². The number of hydrogen-bond acceptors (Lipinski definition) is 4. The maximum Gasteiger partial charge on any atom is 0.148 e. The largest absolute Gasteiger partial charge is 0.369 e. The lowest BCUT2D eigenvalue weighted by Crippen LogP contribution is -2.09. The van der Waals surface area contributed by atoms with Crippen LogP contribution in [0.2, 0.25) is 0 Å². The van der Waals surface area contributed by atoms with Crippen LogP contribution in [0, 0.1) is 0 Å². The summed E-state index contributed by atoms with van der Waals surface area (Å²) < 4.78 is 0. The van der Waals surface area contributed by atoms with E-state index in [0.717, 1.165) is 30.9 Å². The zero-order valence-corrected chi connectivity index (χ0v) is 7.95. The van der Waals surface area contributed by atoms with Crippen LogP contribution in [0.3, 0.4) is 0 Å². The lowest BCUT2D eigenvalue weighted by molar-refractivity contribution is 0.855. The number of nitrogens with one attached hydrogen (secondary N) is 1. The zero-order valence-electron chi connectivity index (χ0n) is 7.95. The molecule has 0 unspecified atom stereocenters. The molecule has 0 amide bonds. The molecule has 13 heavy (non-hydrogen) atoms. The number of nitrogens with zero attached hydrogens (tertiary/aromatic N) is 2. The van der Waals surface area contributed by atoms with Gasteiger partial charge in [0.25, 0.3) is 0 Å². The van der Waals surface area contributed by atoms with Gasteiger partial charge >= 0.3 is 0 Å². The zero-order chi connectivity index (χ0) is 9.52. The van der Waals surface area contributed by atoms with Crippen LogP contribution in [0.15, 0.2) is 12.1 Å². The monoisotopic (exact) mass is 180 g/mol. The molecule has 0 saturated carbocycles. The third kappa shape index (κ3) is 3.38. The number of aryl methyl sites for hydroxylation is 1. The second kappa shape index (κ2) is 5.48. The van der Waals surface area contributed by atoms with Crippen LogP contribution >= 0.6 is 0 Å². The maximum atomic E-state index is 5.36. The van der Waals surface area contributed by atoms with Crippen molar-refractivity contribution in [3.63, 3.8) is 0 Å². The Labute approximate surface area is 78.6 Å². The third-order valence-electron chi connectivity index (χ3n) is 1.77. The molecular weight excluding hydrogens is 164 g/mol. The van der Waals surface area contributed by atoms with Gasteiger partial charge < -0.3 is 11.1 Å². The highest BCUT2D eigenvalue weighted by atomic mass is 15.2. The molecule has 0 aromatic carbocycles. The molecule has 0 atom stereocenters. The molecule has 0 aliphatic heterocycles. The van der Waals surface area contributed by atoms with Crippen molar-refractivity contribution in [1.82, 2.24) is 10.2 Å². The molecule has 1 rings (SSSR count). The van der Waals surface area contributed by atoms with Crippen molar-refractivity contribution in [2.24, 2.45) is 5.73 Å². The molecule has 1 heterocycles. The van der Waals surface area contributed by atoms with Gasteiger partial charge in [0.1, 0.15) is 5.82 Å². The van der Waals surface area contributed by atoms with Crippen molar-refractivity contribution in [2.45, 2.75) is 19.8 Å². The lowest BCUT2D eigenvalue weighted by Gasteiger charge is -2.03. The molecule has 1 aromatic heterocycles. The van der Waals surface area contributed by atoms with E-state index in [4.69, 9.17) is 5.73 Å². The fraction of sp³-hybridized carbons (Fsp3) is 0.556. The van der Waals surface area contributed by atoms with Crippen molar-refractivity contribution < 1.29 is 0 Å². The van der Waals surface area contributed by atoms with Crippen molar-refractivity contribution in [1.29, 1.82) is 0 Å². The van der Waals surface area contributed by atoms with Crippen molar-refractivity contribution in [3.05, 3.63) is 17.8 Å². The minimum Gasteiger partial charge on any atom is -0.369 e. The molecule has 3 N–H and O–H groups in total. The van der Waals surface area contributed by atoms with Crippen molar-refractivity contribution >= 4 is 5.82 Å². The van der Waals surface area contributed by atoms with Crippen molar-refractivity contribution in [2.75, 3.05) is 18.4 Å². The highest BCUT2D eigenvalue weighted by Crippen LogP contribution is 2.01. The first-order chi connectivity index (χ1) is 6.36. The van der Waals surface area contributed by atoms with Gasteiger partial charge in [0.15, 0.2) is 0 Å². The van der Waals surface area contributed by atoms with Gasteiger partial charge in [0, 0.05) is 6.54 Å². The second-order valence-electron chi connectivity index (χ2n) is 2.83. The number of nitrogens with two attached hydrogens (primary N) is 1. The summed E-state index contributed by atoms with van der Waals surface area (Å²) in [6.45, 7) is 3.62. The summed E-state index contributed by atoms with van der Waals surface area (Å²) in [5, 5.41) is 11.2. The number of anilines is 1. The molecule has 0 aliphatic carbocycles. The predicted octanol–water partition coefficient (Wildman–Crippen LogP) is 0.800. The van der Waals surface area contributed by atoms with Gasteiger partial charge in [-0.25, -0.2) is 0 Å². The Bertz CT molecular complexity index is 232. The summed E-state index contributed by atoms with van der Waals surface area (Å²) in [6.07, 6.45) is 1.88. The van der Waals surface area contributed by atoms with E-state index in [1.54, 1.807) is 0 Å². The molecule has 0 bridgehead atoms. The molecular formula is C9H16N4. The summed E-state index contributed by atoms with van der Waals surface area (Å²) in [4.78, 5) is 0.